The molecule has 34 heavy (non-hydrogen) atoms. The van der Waals surface area contributed by atoms with Crippen LogP contribution in [-0.4, -0.2) is 34.3 Å². The Balaban J connectivity index is 1.47. The van der Waals surface area contributed by atoms with Crippen LogP contribution in [-0.2, 0) is 14.8 Å². The van der Waals surface area contributed by atoms with Gasteiger partial charge in [0.1, 0.15) is 0 Å². The monoisotopic (exact) mass is 515 g/mol. The van der Waals surface area contributed by atoms with Crippen molar-refractivity contribution >= 4 is 60.5 Å². The molecule has 0 fully saturated rings. The maximum Gasteiger partial charge on any atom is 0.264 e. The Hall–Kier alpha value is -3.42. The fourth-order valence-corrected chi connectivity index (χ4v) is 5.78. The number of thiazole rings is 2. The van der Waals surface area contributed by atoms with E-state index in [-0.39, 0.29) is 16.8 Å². The molecule has 0 aliphatic rings. The lowest BCUT2D eigenvalue weighted by Crippen LogP contribution is -2.15. The number of nitrogens with zero attached hydrogens (tertiary/aromatic N) is 4. The normalized spacial score (nSPS) is 11.3. The van der Waals surface area contributed by atoms with E-state index in [4.69, 9.17) is 0 Å². The van der Waals surface area contributed by atoms with Crippen molar-refractivity contribution in [2.45, 2.75) is 32.6 Å². The Labute approximate surface area is 204 Å². The second kappa shape index (κ2) is 9.44. The van der Waals surface area contributed by atoms with Crippen LogP contribution in [0.15, 0.2) is 40.6 Å². The molecule has 4 aromatic rings. The van der Waals surface area contributed by atoms with Crippen molar-refractivity contribution in [3.8, 4) is 10.6 Å². The molecule has 176 valence electrons. The molecule has 0 radical (unpaired) electrons. The first-order chi connectivity index (χ1) is 16.1. The molecule has 3 heterocycles. The predicted octanol–water partition coefficient (Wildman–Crippen LogP) is 4.48. The first-order valence-corrected chi connectivity index (χ1v) is 13.2. The van der Waals surface area contributed by atoms with Crippen LogP contribution >= 0.6 is 22.7 Å². The van der Waals surface area contributed by atoms with E-state index >= 15 is 0 Å². The van der Waals surface area contributed by atoms with Gasteiger partial charge < -0.3 is 10.6 Å². The molecule has 10 nitrogen and oxygen atoms in total. The average molecular weight is 516 g/mol. The summed E-state index contributed by atoms with van der Waals surface area (Å²) >= 11 is 2.76. The van der Waals surface area contributed by atoms with Crippen LogP contribution in [0.2, 0.25) is 0 Å². The lowest BCUT2D eigenvalue weighted by molar-refractivity contribution is -0.114. The highest BCUT2D eigenvalue weighted by atomic mass is 32.2. The van der Waals surface area contributed by atoms with E-state index in [0.717, 1.165) is 16.3 Å². The van der Waals surface area contributed by atoms with Gasteiger partial charge in [-0.2, -0.15) is 0 Å². The van der Waals surface area contributed by atoms with Crippen molar-refractivity contribution in [2.24, 2.45) is 0 Å². The zero-order valence-corrected chi connectivity index (χ0v) is 21.2. The molecule has 0 bridgehead atoms. The maximum atomic E-state index is 12.7. The molecular formula is C21H21N7O3S3. The number of hydrogen-bond donors (Lipinski definition) is 3. The van der Waals surface area contributed by atoms with Gasteiger partial charge in [-0.3, -0.25) is 4.79 Å². The van der Waals surface area contributed by atoms with Crippen LogP contribution in [0.3, 0.4) is 0 Å². The van der Waals surface area contributed by atoms with E-state index in [1.807, 2.05) is 12.3 Å². The number of anilines is 4. The molecule has 13 heteroatoms. The molecule has 0 unspecified atom stereocenters. The second-order valence-corrected chi connectivity index (χ2v) is 10.9. The van der Waals surface area contributed by atoms with Crippen molar-refractivity contribution in [1.29, 1.82) is 0 Å². The zero-order valence-electron chi connectivity index (χ0n) is 18.7. The number of sulfonamides is 1. The second-order valence-electron chi connectivity index (χ2n) is 7.38. The van der Waals surface area contributed by atoms with Gasteiger partial charge in [-0.05, 0) is 51.1 Å². The van der Waals surface area contributed by atoms with Gasteiger partial charge >= 0.3 is 0 Å². The van der Waals surface area contributed by atoms with Gasteiger partial charge in [0, 0.05) is 29.4 Å². The van der Waals surface area contributed by atoms with Crippen LogP contribution < -0.4 is 15.4 Å². The Morgan fingerprint density at radius 2 is 1.62 bits per heavy atom. The van der Waals surface area contributed by atoms with E-state index in [1.54, 1.807) is 32.0 Å². The Morgan fingerprint density at radius 3 is 2.26 bits per heavy atom. The third-order valence-corrected chi connectivity index (χ3v) is 7.64. The highest BCUT2D eigenvalue weighted by Crippen LogP contribution is 2.35. The summed E-state index contributed by atoms with van der Waals surface area (Å²) in [7, 11) is -3.83. The van der Waals surface area contributed by atoms with Gasteiger partial charge in [-0.15, -0.1) is 11.3 Å². The molecule has 0 aliphatic carbocycles. The first-order valence-electron chi connectivity index (χ1n) is 10.0. The van der Waals surface area contributed by atoms with Gasteiger partial charge in [0.25, 0.3) is 10.0 Å². The van der Waals surface area contributed by atoms with E-state index in [9.17, 15) is 13.2 Å². The fraction of sp³-hybridized carbons (Fsp3) is 0.190. The van der Waals surface area contributed by atoms with Crippen LogP contribution in [0, 0.1) is 20.8 Å². The maximum absolute atomic E-state index is 12.7. The quantitative estimate of drug-likeness (QED) is 0.327. The molecule has 3 aromatic heterocycles. The van der Waals surface area contributed by atoms with Crippen LogP contribution in [0.5, 0.6) is 0 Å². The number of nitrogens with one attached hydrogen (secondary N) is 3. The van der Waals surface area contributed by atoms with Crippen molar-refractivity contribution in [2.75, 3.05) is 15.4 Å². The zero-order chi connectivity index (χ0) is 24.5. The Bertz CT molecular complexity index is 1440. The summed E-state index contributed by atoms with van der Waals surface area (Å²) in [6, 6.07) is 8.07. The molecule has 0 saturated heterocycles. The topological polar surface area (TPSA) is 139 Å². The van der Waals surface area contributed by atoms with E-state index in [0.29, 0.717) is 27.3 Å². The largest absolute Gasteiger partial charge is 0.332 e. The first kappa shape index (κ1) is 23.7. The molecular weight excluding hydrogens is 494 g/mol. The van der Waals surface area contributed by atoms with Gasteiger partial charge in [0.15, 0.2) is 10.3 Å². The van der Waals surface area contributed by atoms with Crippen LogP contribution in [0.25, 0.3) is 10.6 Å². The van der Waals surface area contributed by atoms with Crippen LogP contribution in [0.1, 0.15) is 24.0 Å². The predicted molar refractivity (Wildman–Crippen MR) is 134 cm³/mol. The van der Waals surface area contributed by atoms with Crippen molar-refractivity contribution in [1.82, 2.24) is 19.9 Å². The summed E-state index contributed by atoms with van der Waals surface area (Å²) in [5, 5.41) is 8.93. The number of carbonyl (C=O) groups excluding carboxylic acids is 1. The van der Waals surface area contributed by atoms with Crippen molar-refractivity contribution < 1.29 is 13.2 Å². The van der Waals surface area contributed by atoms with Gasteiger partial charge in [-0.25, -0.2) is 33.1 Å². The minimum atomic E-state index is -3.83. The van der Waals surface area contributed by atoms with Gasteiger partial charge in [0.2, 0.25) is 11.9 Å². The molecule has 3 N–H and O–H groups in total. The average Bonchev–Trinajstić information content (AvgIpc) is 3.32. The van der Waals surface area contributed by atoms with E-state index in [2.05, 4.69) is 35.3 Å². The summed E-state index contributed by atoms with van der Waals surface area (Å²) < 4.78 is 27.8. The third-order valence-electron chi connectivity index (χ3n) is 4.44. The van der Waals surface area contributed by atoms with Crippen molar-refractivity contribution in [3.05, 3.63) is 52.8 Å². The highest BCUT2D eigenvalue weighted by molar-refractivity contribution is 7.92. The van der Waals surface area contributed by atoms with Crippen LogP contribution in [0.4, 0.5) is 21.9 Å². The summed E-state index contributed by atoms with van der Waals surface area (Å²) in [6.07, 6.45) is 0. The summed E-state index contributed by atoms with van der Waals surface area (Å²) in [6.45, 7) is 6.84. The molecule has 0 atom stereocenters. The SMILES string of the molecule is CC(=O)Nc1nc(C)c(-c2csc(Nc3ccc(S(=O)(=O)Nc4nc(C)cc(C)n4)cc3)n2)s1. The third kappa shape index (κ3) is 5.55. The minimum Gasteiger partial charge on any atom is -0.332 e. The summed E-state index contributed by atoms with van der Waals surface area (Å²) in [5.74, 6) is -0.141. The molecule has 4 rings (SSSR count). The number of amides is 1. The number of benzene rings is 1. The minimum absolute atomic E-state index is 0.0371. The Kier molecular flexibility index (Phi) is 6.59. The van der Waals surface area contributed by atoms with Gasteiger partial charge in [-0.1, -0.05) is 11.3 Å². The molecule has 0 saturated carbocycles. The van der Waals surface area contributed by atoms with Gasteiger partial charge in [0.05, 0.1) is 21.2 Å². The molecule has 0 aliphatic heterocycles. The smallest absolute Gasteiger partial charge is 0.264 e. The lowest BCUT2D eigenvalue weighted by atomic mass is 10.3. The number of aryl methyl sites for hydroxylation is 3. The molecule has 0 spiro atoms. The summed E-state index contributed by atoms with van der Waals surface area (Å²) in [5.41, 5.74) is 3.55. The number of hydrogen-bond acceptors (Lipinski definition) is 10. The number of carbonyl (C=O) groups is 1. The molecule has 1 amide bonds. The molecule has 1 aromatic carbocycles. The fourth-order valence-electron chi connectivity index (χ4n) is 3.07. The standard InChI is InChI=1S/C21H21N7O3S3/c1-11-9-12(2)23-19(22-11)28-34(30,31)16-7-5-15(6-8-16)26-20-27-17(10-32-20)18-13(3)24-21(33-18)25-14(4)29/h5-10H,1-4H3,(H,26,27)(H,22,23,28)(H,24,25,29). The number of aromatic nitrogens is 4. The summed E-state index contributed by atoms with van der Waals surface area (Å²) in [4.78, 5) is 29.4. The lowest BCUT2D eigenvalue weighted by Gasteiger charge is -2.09. The van der Waals surface area contributed by atoms with E-state index < -0.39 is 10.0 Å². The Morgan fingerprint density at radius 1 is 0.941 bits per heavy atom. The highest BCUT2D eigenvalue weighted by Gasteiger charge is 2.17. The van der Waals surface area contributed by atoms with E-state index in [1.165, 1.54) is 41.7 Å². The number of rotatable bonds is 7. The van der Waals surface area contributed by atoms with Crippen molar-refractivity contribution in [3.63, 3.8) is 0 Å².